The molecule has 2 aliphatic rings. The van der Waals surface area contributed by atoms with E-state index in [2.05, 4.69) is 26.1 Å². The first kappa shape index (κ1) is 14.3. The molecule has 0 aromatic rings. The van der Waals surface area contributed by atoms with Gasteiger partial charge in [-0.3, -0.25) is 0 Å². The van der Waals surface area contributed by atoms with E-state index in [0.717, 1.165) is 18.4 Å². The highest BCUT2D eigenvalue weighted by Gasteiger charge is 2.36. The average Bonchev–Trinajstić information content (AvgIpc) is 2.82. The van der Waals surface area contributed by atoms with Gasteiger partial charge in [0.25, 0.3) is 0 Å². The Bertz CT molecular complexity index is 243. The maximum Gasteiger partial charge on any atom is 0.0735 e. The molecule has 18 heavy (non-hydrogen) atoms. The lowest BCUT2D eigenvalue weighted by molar-refractivity contribution is 0.00857. The van der Waals surface area contributed by atoms with Gasteiger partial charge in [-0.25, -0.2) is 0 Å². The summed E-state index contributed by atoms with van der Waals surface area (Å²) < 4.78 is 6.14. The molecule has 2 fully saturated rings. The monoisotopic (exact) mass is 253 g/mol. The minimum Gasteiger partial charge on any atom is -0.374 e. The third-order valence-electron chi connectivity index (χ3n) is 5.01. The summed E-state index contributed by atoms with van der Waals surface area (Å²) in [5.74, 6) is 1.81. The number of ether oxygens (including phenoxy) is 1. The lowest BCUT2D eigenvalue weighted by atomic mass is 9.75. The smallest absolute Gasteiger partial charge is 0.0735 e. The summed E-state index contributed by atoms with van der Waals surface area (Å²) in [5.41, 5.74) is 0. The Morgan fingerprint density at radius 1 is 1.17 bits per heavy atom. The molecule has 1 aliphatic carbocycles. The summed E-state index contributed by atoms with van der Waals surface area (Å²) in [4.78, 5) is 0. The normalized spacial score (nSPS) is 38.8. The van der Waals surface area contributed by atoms with Gasteiger partial charge in [0, 0.05) is 6.04 Å². The van der Waals surface area contributed by atoms with Crippen molar-refractivity contribution < 1.29 is 4.74 Å². The number of nitrogens with one attached hydrogen (secondary N) is 1. The van der Waals surface area contributed by atoms with Crippen molar-refractivity contribution in [2.45, 2.75) is 84.0 Å². The molecule has 0 spiro atoms. The van der Waals surface area contributed by atoms with Crippen LogP contribution in [-0.4, -0.2) is 24.8 Å². The van der Waals surface area contributed by atoms with Crippen LogP contribution in [0.5, 0.6) is 0 Å². The van der Waals surface area contributed by atoms with E-state index in [1.165, 1.54) is 44.9 Å². The molecule has 1 saturated carbocycles. The molecule has 0 bridgehead atoms. The van der Waals surface area contributed by atoms with Crippen molar-refractivity contribution in [1.82, 2.24) is 5.32 Å². The van der Waals surface area contributed by atoms with Gasteiger partial charge in [-0.15, -0.1) is 0 Å². The standard InChI is InChI=1S/C16H31NO/c1-4-13-7-6-8-14(11-13)16(17-5-2)15-10-9-12(3)18-15/h12-17H,4-11H2,1-3H3. The number of hydrogen-bond donors (Lipinski definition) is 1. The van der Waals surface area contributed by atoms with Crippen LogP contribution < -0.4 is 5.32 Å². The molecule has 5 unspecified atom stereocenters. The molecule has 1 N–H and O–H groups in total. The van der Waals surface area contributed by atoms with Crippen molar-refractivity contribution in [2.75, 3.05) is 6.54 Å². The van der Waals surface area contributed by atoms with Crippen LogP contribution in [0.4, 0.5) is 0 Å². The van der Waals surface area contributed by atoms with Crippen LogP contribution in [0.3, 0.4) is 0 Å². The molecule has 0 radical (unpaired) electrons. The van der Waals surface area contributed by atoms with E-state index in [9.17, 15) is 0 Å². The van der Waals surface area contributed by atoms with Crippen LogP contribution in [0, 0.1) is 11.8 Å². The maximum absolute atomic E-state index is 6.14. The third-order valence-corrected chi connectivity index (χ3v) is 5.01. The summed E-state index contributed by atoms with van der Waals surface area (Å²) in [6.45, 7) is 7.87. The fraction of sp³-hybridized carbons (Fsp3) is 1.00. The zero-order valence-electron chi connectivity index (χ0n) is 12.5. The van der Waals surface area contributed by atoms with Gasteiger partial charge in [-0.1, -0.05) is 33.1 Å². The topological polar surface area (TPSA) is 21.3 Å². The Morgan fingerprint density at radius 2 is 2.00 bits per heavy atom. The van der Waals surface area contributed by atoms with Crippen LogP contribution in [0.25, 0.3) is 0 Å². The maximum atomic E-state index is 6.14. The van der Waals surface area contributed by atoms with Crippen molar-refractivity contribution >= 4 is 0 Å². The quantitative estimate of drug-likeness (QED) is 0.805. The molecule has 5 atom stereocenters. The summed E-state index contributed by atoms with van der Waals surface area (Å²) in [6, 6.07) is 0.606. The number of likely N-dealkylation sites (N-methyl/N-ethyl adjacent to an activating group) is 1. The molecule has 0 amide bonds. The Labute approximate surface area is 113 Å². The fourth-order valence-corrected chi connectivity index (χ4v) is 3.96. The van der Waals surface area contributed by atoms with E-state index < -0.39 is 0 Å². The van der Waals surface area contributed by atoms with Crippen LogP contribution in [0.2, 0.25) is 0 Å². The molecule has 1 aliphatic heterocycles. The Morgan fingerprint density at radius 3 is 2.61 bits per heavy atom. The van der Waals surface area contributed by atoms with Crippen molar-refractivity contribution in [1.29, 1.82) is 0 Å². The van der Waals surface area contributed by atoms with Gasteiger partial charge in [0.15, 0.2) is 0 Å². The summed E-state index contributed by atoms with van der Waals surface area (Å²) in [6.07, 6.45) is 10.5. The molecule has 2 rings (SSSR count). The molecule has 1 heterocycles. The molecule has 106 valence electrons. The Hall–Kier alpha value is -0.0800. The van der Waals surface area contributed by atoms with Gasteiger partial charge in [-0.05, 0) is 51.0 Å². The van der Waals surface area contributed by atoms with Gasteiger partial charge in [0.1, 0.15) is 0 Å². The van der Waals surface area contributed by atoms with Gasteiger partial charge < -0.3 is 10.1 Å². The molecule has 1 saturated heterocycles. The van der Waals surface area contributed by atoms with Crippen molar-refractivity contribution in [3.63, 3.8) is 0 Å². The minimum absolute atomic E-state index is 0.473. The van der Waals surface area contributed by atoms with Crippen LogP contribution in [0.1, 0.15) is 65.7 Å². The van der Waals surface area contributed by atoms with E-state index in [0.29, 0.717) is 18.2 Å². The Balaban J connectivity index is 1.95. The molecule has 2 nitrogen and oxygen atoms in total. The molecule has 0 aromatic carbocycles. The summed E-state index contributed by atoms with van der Waals surface area (Å²) >= 11 is 0. The SMILES string of the molecule is CCNC(C1CCCC(CC)C1)C1CCC(C)O1. The van der Waals surface area contributed by atoms with Crippen molar-refractivity contribution in [3.05, 3.63) is 0 Å². The zero-order chi connectivity index (χ0) is 13.0. The molecule has 0 aromatic heterocycles. The van der Waals surface area contributed by atoms with Gasteiger partial charge in [-0.2, -0.15) is 0 Å². The lowest BCUT2D eigenvalue weighted by Crippen LogP contribution is -2.46. The van der Waals surface area contributed by atoms with E-state index in [4.69, 9.17) is 4.74 Å². The van der Waals surface area contributed by atoms with Gasteiger partial charge in [0.2, 0.25) is 0 Å². The predicted molar refractivity (Wildman–Crippen MR) is 76.8 cm³/mol. The van der Waals surface area contributed by atoms with Crippen LogP contribution in [0.15, 0.2) is 0 Å². The van der Waals surface area contributed by atoms with E-state index in [1.807, 2.05) is 0 Å². The first-order chi connectivity index (χ1) is 8.74. The van der Waals surface area contributed by atoms with E-state index in [-0.39, 0.29) is 0 Å². The second-order valence-electron chi connectivity index (χ2n) is 6.35. The van der Waals surface area contributed by atoms with Crippen molar-refractivity contribution in [3.8, 4) is 0 Å². The molecule has 2 heteroatoms. The van der Waals surface area contributed by atoms with Gasteiger partial charge in [0.05, 0.1) is 12.2 Å². The zero-order valence-corrected chi connectivity index (χ0v) is 12.5. The lowest BCUT2D eigenvalue weighted by Gasteiger charge is -2.37. The number of rotatable bonds is 5. The van der Waals surface area contributed by atoms with E-state index >= 15 is 0 Å². The highest BCUT2D eigenvalue weighted by Crippen LogP contribution is 2.36. The second kappa shape index (κ2) is 6.91. The highest BCUT2D eigenvalue weighted by molar-refractivity contribution is 4.90. The average molecular weight is 253 g/mol. The van der Waals surface area contributed by atoms with Crippen LogP contribution in [-0.2, 0) is 4.74 Å². The summed E-state index contributed by atoms with van der Waals surface area (Å²) in [7, 11) is 0. The molecular weight excluding hydrogens is 222 g/mol. The minimum atomic E-state index is 0.473. The third kappa shape index (κ3) is 3.48. The van der Waals surface area contributed by atoms with Crippen molar-refractivity contribution in [2.24, 2.45) is 11.8 Å². The number of hydrogen-bond acceptors (Lipinski definition) is 2. The van der Waals surface area contributed by atoms with E-state index in [1.54, 1.807) is 0 Å². The predicted octanol–water partition coefficient (Wildman–Crippen LogP) is 3.75. The first-order valence-corrected chi connectivity index (χ1v) is 8.13. The second-order valence-corrected chi connectivity index (χ2v) is 6.35. The largest absolute Gasteiger partial charge is 0.374 e. The first-order valence-electron chi connectivity index (χ1n) is 8.13. The summed E-state index contributed by atoms with van der Waals surface area (Å²) in [5, 5.41) is 3.73. The fourth-order valence-electron chi connectivity index (χ4n) is 3.96. The van der Waals surface area contributed by atoms with Crippen LogP contribution >= 0.6 is 0 Å². The van der Waals surface area contributed by atoms with Gasteiger partial charge >= 0.3 is 0 Å². The Kier molecular flexibility index (Phi) is 5.50. The molecular formula is C16H31NO. The highest BCUT2D eigenvalue weighted by atomic mass is 16.5.